The van der Waals surface area contributed by atoms with Gasteiger partial charge in [0.2, 0.25) is 5.91 Å². The van der Waals surface area contributed by atoms with Crippen molar-refractivity contribution in [3.63, 3.8) is 0 Å². The van der Waals surface area contributed by atoms with Crippen LogP contribution in [0.2, 0.25) is 0 Å². The Morgan fingerprint density at radius 1 is 0.474 bits per heavy atom. The Labute approximate surface area is 346 Å². The molecule has 0 bridgehead atoms. The van der Waals surface area contributed by atoms with Crippen LogP contribution in [0.4, 0.5) is 0 Å². The van der Waals surface area contributed by atoms with Crippen LogP contribution in [0.3, 0.4) is 0 Å². The zero-order chi connectivity index (χ0) is 44.2. The van der Waals surface area contributed by atoms with Crippen LogP contribution in [0.1, 0.15) is 136 Å². The number of carbonyl (C=O) groups excluding carboxylic acids is 4. The first-order valence-electron chi connectivity index (χ1n) is 21.6. The van der Waals surface area contributed by atoms with Crippen molar-refractivity contribution in [2.75, 3.05) is 85.3 Å². The lowest BCUT2D eigenvalue weighted by atomic mass is 10.0. The van der Waals surface area contributed by atoms with Gasteiger partial charge in [-0.2, -0.15) is 0 Å². The molecule has 0 aliphatic rings. The molecule has 17 nitrogen and oxygen atoms in total. The highest BCUT2D eigenvalue weighted by molar-refractivity contribution is 5.89. The standard InChI is InChI=1S/C17H37N5O2.C15H31N3O3.C4H12N2.2C2H6O/c18-9-3-1-2-8-16(23)15(21-12-6-4-10-19)14-17(24)22-13-7-5-11-20;1-2-21-15(20)12-13(18-11-7-6-10-17)14(19)8-4-3-5-9-16;5-3-1-2-4-6;2*1-2-3/h15,21H,1-14,18-20H2,(H,22,24);13,18H,2-12,16-17H2,1H3;1-6H2;2*3H,2H2,1H3. The number of aliphatic hydroxyl groups excluding tert-OH is 2. The number of hydrogen-bond donors (Lipinski definition) is 12. The largest absolute Gasteiger partial charge is 0.466 e. The maximum atomic E-state index is 12.4. The molecule has 17 heteroatoms. The van der Waals surface area contributed by atoms with Crippen LogP contribution in [0.15, 0.2) is 0 Å². The Bertz CT molecular complexity index is 828. The number of esters is 1. The molecule has 0 fully saturated rings. The average molecular weight is 825 g/mol. The summed E-state index contributed by atoms with van der Waals surface area (Å²) in [5, 5.41) is 24.4. The molecule has 0 aromatic rings. The molecule has 0 radical (unpaired) electrons. The summed E-state index contributed by atoms with van der Waals surface area (Å²) in [4.78, 5) is 48.1. The lowest BCUT2D eigenvalue weighted by Crippen LogP contribution is -2.42. The van der Waals surface area contributed by atoms with E-state index in [0.29, 0.717) is 71.8 Å². The number of Topliss-reactive ketones (excluding diaryl/α,β-unsaturated/α-hetero) is 2. The fraction of sp³-hybridized carbons (Fsp3) is 0.900. The van der Waals surface area contributed by atoms with E-state index in [1.807, 2.05) is 0 Å². The van der Waals surface area contributed by atoms with Crippen molar-refractivity contribution >= 4 is 23.4 Å². The van der Waals surface area contributed by atoms with Gasteiger partial charge in [0, 0.05) is 39.0 Å². The smallest absolute Gasteiger partial charge is 0.307 e. The maximum Gasteiger partial charge on any atom is 0.307 e. The van der Waals surface area contributed by atoms with E-state index in [0.717, 1.165) is 103 Å². The third-order valence-corrected chi connectivity index (χ3v) is 7.75. The quantitative estimate of drug-likeness (QED) is 0.0309. The van der Waals surface area contributed by atoms with Crippen LogP contribution in [0.25, 0.3) is 0 Å². The molecule has 2 atom stereocenters. The van der Waals surface area contributed by atoms with Crippen molar-refractivity contribution in [2.45, 2.75) is 148 Å². The highest BCUT2D eigenvalue weighted by Gasteiger charge is 2.22. The molecule has 0 aliphatic carbocycles. The summed E-state index contributed by atoms with van der Waals surface area (Å²) < 4.78 is 4.93. The molecule has 0 aromatic heterocycles. The number of nitrogens with one attached hydrogen (secondary N) is 3. The highest BCUT2D eigenvalue weighted by atomic mass is 16.5. The van der Waals surface area contributed by atoms with Crippen LogP contribution in [-0.2, 0) is 23.9 Å². The lowest BCUT2D eigenvalue weighted by Gasteiger charge is -2.17. The fourth-order valence-corrected chi connectivity index (χ4v) is 4.71. The number of hydrogen-bond acceptors (Lipinski definition) is 16. The van der Waals surface area contributed by atoms with Gasteiger partial charge in [-0.3, -0.25) is 19.2 Å². The molecule has 0 rings (SSSR count). The van der Waals surface area contributed by atoms with E-state index in [1.165, 1.54) is 0 Å². The van der Waals surface area contributed by atoms with Gasteiger partial charge in [-0.1, -0.05) is 12.8 Å². The van der Waals surface area contributed by atoms with Crippen molar-refractivity contribution in [1.82, 2.24) is 16.0 Å². The minimum atomic E-state index is -0.445. The number of nitrogens with two attached hydrogens (primary N) is 7. The molecule has 0 spiro atoms. The molecular formula is C40H92N10O7. The molecule has 0 aromatic carbocycles. The Hall–Kier alpha value is -2.16. The first kappa shape index (κ1) is 64.0. The third kappa shape index (κ3) is 58.2. The highest BCUT2D eigenvalue weighted by Crippen LogP contribution is 2.07. The zero-order valence-corrected chi connectivity index (χ0v) is 36.6. The van der Waals surface area contributed by atoms with Gasteiger partial charge in [-0.05, 0) is 157 Å². The van der Waals surface area contributed by atoms with E-state index >= 15 is 0 Å². The van der Waals surface area contributed by atoms with Crippen molar-refractivity contribution in [3.8, 4) is 0 Å². The molecule has 1 amide bonds. The monoisotopic (exact) mass is 825 g/mol. The molecule has 0 saturated heterocycles. The van der Waals surface area contributed by atoms with Crippen LogP contribution in [0, 0.1) is 0 Å². The zero-order valence-electron chi connectivity index (χ0n) is 36.6. The van der Waals surface area contributed by atoms with E-state index in [2.05, 4.69) is 16.0 Å². The molecule has 0 aliphatic heterocycles. The van der Waals surface area contributed by atoms with Gasteiger partial charge >= 0.3 is 5.97 Å². The number of ether oxygens (including phenoxy) is 1. The molecule has 0 heterocycles. The Balaban J connectivity index is -0.000000247. The number of amides is 1. The van der Waals surface area contributed by atoms with Crippen molar-refractivity contribution in [1.29, 1.82) is 0 Å². The molecular weight excluding hydrogens is 733 g/mol. The number of unbranched alkanes of at least 4 members (excludes halogenated alkanes) is 8. The Kier molecular flexibility index (Phi) is 65.3. The second-order valence-corrected chi connectivity index (χ2v) is 13.1. The van der Waals surface area contributed by atoms with E-state index in [4.69, 9.17) is 55.1 Å². The number of aliphatic hydroxyl groups is 2. The van der Waals surface area contributed by atoms with Gasteiger partial charge in [0.1, 0.15) is 11.6 Å². The first-order chi connectivity index (χ1) is 27.5. The van der Waals surface area contributed by atoms with Crippen molar-refractivity contribution in [2.24, 2.45) is 40.1 Å². The van der Waals surface area contributed by atoms with Gasteiger partial charge in [0.15, 0.2) is 0 Å². The predicted molar refractivity (Wildman–Crippen MR) is 235 cm³/mol. The van der Waals surface area contributed by atoms with Gasteiger partial charge in [0.25, 0.3) is 0 Å². The number of ketones is 2. The topological polar surface area (TPSA) is 336 Å². The summed E-state index contributed by atoms with van der Waals surface area (Å²) in [6, 6.07) is -0.852. The van der Waals surface area contributed by atoms with Crippen LogP contribution in [0.5, 0.6) is 0 Å². The Morgan fingerprint density at radius 3 is 1.14 bits per heavy atom. The molecule has 0 saturated carbocycles. The molecule has 2 unspecified atom stereocenters. The summed E-state index contributed by atoms with van der Waals surface area (Å²) >= 11 is 0. The van der Waals surface area contributed by atoms with Crippen molar-refractivity contribution < 1.29 is 34.1 Å². The van der Waals surface area contributed by atoms with Gasteiger partial charge < -0.3 is 71.0 Å². The second kappa shape index (κ2) is 58.2. The SMILES string of the molecule is CCO.CCO.CCOC(=O)CC(NCCCCN)C(=O)CCCCCN.NCCCCCC(=O)C(CC(=O)NCCCCN)NCCCCN.NCCCCN. The fourth-order valence-electron chi connectivity index (χ4n) is 4.71. The summed E-state index contributed by atoms with van der Waals surface area (Å²) in [5.41, 5.74) is 37.6. The maximum absolute atomic E-state index is 12.4. The van der Waals surface area contributed by atoms with Crippen molar-refractivity contribution in [3.05, 3.63) is 0 Å². The average Bonchev–Trinajstić information content (AvgIpc) is 3.19. The van der Waals surface area contributed by atoms with Gasteiger partial charge in [-0.25, -0.2) is 0 Å². The lowest BCUT2D eigenvalue weighted by molar-refractivity contribution is -0.145. The van der Waals surface area contributed by atoms with Crippen LogP contribution < -0.4 is 56.1 Å². The predicted octanol–water partition coefficient (Wildman–Crippen LogP) is 0.423. The summed E-state index contributed by atoms with van der Waals surface area (Å²) in [5.74, 6) is -0.229. The van der Waals surface area contributed by atoms with E-state index in [-0.39, 0.29) is 49.5 Å². The minimum Gasteiger partial charge on any atom is -0.466 e. The summed E-state index contributed by atoms with van der Waals surface area (Å²) in [6.07, 6.45) is 14.2. The number of rotatable bonds is 34. The molecule has 19 N–H and O–H groups in total. The summed E-state index contributed by atoms with van der Waals surface area (Å²) in [6.45, 7) is 12.7. The normalized spacial score (nSPS) is 11.2. The molecule has 344 valence electrons. The Morgan fingerprint density at radius 2 is 0.789 bits per heavy atom. The first-order valence-corrected chi connectivity index (χ1v) is 21.6. The van der Waals surface area contributed by atoms with E-state index < -0.39 is 12.1 Å². The number of carbonyl (C=O) groups is 4. The van der Waals surface area contributed by atoms with Gasteiger partial charge in [0.05, 0.1) is 25.1 Å². The van der Waals surface area contributed by atoms with Crippen LogP contribution >= 0.6 is 0 Å². The third-order valence-electron chi connectivity index (χ3n) is 7.75. The van der Waals surface area contributed by atoms with E-state index in [9.17, 15) is 19.2 Å². The van der Waals surface area contributed by atoms with E-state index in [1.54, 1.807) is 20.8 Å². The minimum absolute atomic E-state index is 0.0767. The second-order valence-electron chi connectivity index (χ2n) is 13.1. The summed E-state index contributed by atoms with van der Waals surface area (Å²) in [7, 11) is 0. The molecule has 57 heavy (non-hydrogen) atoms. The van der Waals surface area contributed by atoms with Crippen LogP contribution in [-0.4, -0.2) is 131 Å². The van der Waals surface area contributed by atoms with Gasteiger partial charge in [-0.15, -0.1) is 0 Å².